The lowest BCUT2D eigenvalue weighted by Gasteiger charge is -2.48. The standard InChI is InChI=1S/C83H155NO18/c1-3-5-7-9-11-13-15-17-19-21-23-25-26-27-28-29-30-31-32-33-34-35-36-37-38-39-40-41-43-45-47-49-51-53-55-57-59-61-71(89)84-66(67(88)60-58-56-54-52-50-48-46-44-42-24-22-20-18-16-14-12-10-8-6-4-2)65-97-81-77(95)74(92)79(69(63-86)99-81)102-83-78(96)75(93)80(70(64-87)100-83)101-82-76(94)73(91)72(90)68(62-85)98-82/h42,44,50,52,58,60,66-70,72-83,85-88,90-96H,3-41,43,45-49,51,53-57,59,61-65H2,1-2H3,(H,84,89)/b44-42+,52-50+,60-58+. The van der Waals surface area contributed by atoms with Crippen molar-refractivity contribution in [3.05, 3.63) is 36.5 Å². The van der Waals surface area contributed by atoms with Gasteiger partial charge in [-0.05, 0) is 44.9 Å². The molecule has 19 heteroatoms. The van der Waals surface area contributed by atoms with Crippen LogP contribution >= 0.6 is 0 Å². The second-order valence-electron chi connectivity index (χ2n) is 30.3. The van der Waals surface area contributed by atoms with Gasteiger partial charge in [0.15, 0.2) is 18.9 Å². The van der Waals surface area contributed by atoms with Gasteiger partial charge in [0.2, 0.25) is 5.91 Å². The van der Waals surface area contributed by atoms with Gasteiger partial charge in [-0.25, -0.2) is 0 Å². The molecule has 3 fully saturated rings. The summed E-state index contributed by atoms with van der Waals surface area (Å²) >= 11 is 0. The summed E-state index contributed by atoms with van der Waals surface area (Å²) in [7, 11) is 0. The van der Waals surface area contributed by atoms with Crippen molar-refractivity contribution >= 4 is 5.91 Å². The molecule has 3 heterocycles. The molecule has 12 N–H and O–H groups in total. The minimum Gasteiger partial charge on any atom is -0.394 e. The average molecular weight is 1460 g/mol. The van der Waals surface area contributed by atoms with Gasteiger partial charge in [-0.15, -0.1) is 0 Å². The van der Waals surface area contributed by atoms with E-state index >= 15 is 0 Å². The van der Waals surface area contributed by atoms with Gasteiger partial charge < -0.3 is 89.9 Å². The molecule has 600 valence electrons. The summed E-state index contributed by atoms with van der Waals surface area (Å²) in [5.74, 6) is -0.282. The lowest BCUT2D eigenvalue weighted by atomic mass is 9.96. The van der Waals surface area contributed by atoms with Crippen LogP contribution in [0.2, 0.25) is 0 Å². The number of amides is 1. The predicted octanol–water partition coefficient (Wildman–Crippen LogP) is 14.7. The van der Waals surface area contributed by atoms with Crippen molar-refractivity contribution in [3.8, 4) is 0 Å². The average Bonchev–Trinajstić information content (AvgIpc) is 0.773. The van der Waals surface area contributed by atoms with E-state index in [1.54, 1.807) is 6.08 Å². The Morgan fingerprint density at radius 2 is 0.627 bits per heavy atom. The molecule has 0 aliphatic carbocycles. The third-order valence-corrected chi connectivity index (χ3v) is 21.2. The lowest BCUT2D eigenvalue weighted by molar-refractivity contribution is -0.379. The monoisotopic (exact) mass is 1450 g/mol. The Balaban J connectivity index is 1.32. The molecule has 17 unspecified atom stereocenters. The maximum absolute atomic E-state index is 13.5. The molecule has 3 aliphatic rings. The van der Waals surface area contributed by atoms with Gasteiger partial charge in [-0.3, -0.25) is 4.79 Å². The molecule has 102 heavy (non-hydrogen) atoms. The Kier molecular flexibility index (Phi) is 59.0. The molecule has 3 rings (SSSR count). The molecule has 0 saturated carbocycles. The zero-order valence-electron chi connectivity index (χ0n) is 64.4. The number of unbranched alkanes of at least 4 members (excludes halogenated alkanes) is 48. The fourth-order valence-corrected chi connectivity index (χ4v) is 14.4. The van der Waals surface area contributed by atoms with Crippen LogP contribution in [0, 0.1) is 0 Å². The van der Waals surface area contributed by atoms with Crippen LogP contribution in [0.5, 0.6) is 0 Å². The fourth-order valence-electron chi connectivity index (χ4n) is 14.4. The largest absolute Gasteiger partial charge is 0.394 e. The van der Waals surface area contributed by atoms with Crippen molar-refractivity contribution < 1.29 is 89.4 Å². The summed E-state index contributed by atoms with van der Waals surface area (Å²) in [6, 6.07) is -0.996. The summed E-state index contributed by atoms with van der Waals surface area (Å²) in [5, 5.41) is 121. The van der Waals surface area contributed by atoms with E-state index in [1.807, 2.05) is 6.08 Å². The fraction of sp³-hybridized carbons (Fsp3) is 0.916. The molecule has 1 amide bonds. The normalized spacial score (nSPS) is 26.3. The van der Waals surface area contributed by atoms with Crippen molar-refractivity contribution in [1.29, 1.82) is 0 Å². The van der Waals surface area contributed by atoms with Crippen LogP contribution < -0.4 is 5.32 Å². The molecule has 0 aromatic rings. The number of allylic oxidation sites excluding steroid dienone is 5. The first kappa shape index (κ1) is 94.2. The highest BCUT2D eigenvalue weighted by Gasteiger charge is 2.54. The van der Waals surface area contributed by atoms with E-state index in [0.29, 0.717) is 12.8 Å². The smallest absolute Gasteiger partial charge is 0.220 e. The summed E-state index contributed by atoms with van der Waals surface area (Å²) in [5.41, 5.74) is 0. The van der Waals surface area contributed by atoms with E-state index in [4.69, 9.17) is 28.4 Å². The van der Waals surface area contributed by atoms with Crippen molar-refractivity contribution in [2.45, 2.75) is 458 Å². The third-order valence-electron chi connectivity index (χ3n) is 21.2. The van der Waals surface area contributed by atoms with Gasteiger partial charge in [-0.2, -0.15) is 0 Å². The van der Waals surface area contributed by atoms with Crippen molar-refractivity contribution in [2.75, 3.05) is 26.4 Å². The molecule has 0 aromatic carbocycles. The quantitative estimate of drug-likeness (QED) is 0.0199. The van der Waals surface area contributed by atoms with Gasteiger partial charge in [0.25, 0.3) is 0 Å². The van der Waals surface area contributed by atoms with E-state index in [9.17, 15) is 61.0 Å². The van der Waals surface area contributed by atoms with Crippen molar-refractivity contribution in [1.82, 2.24) is 5.32 Å². The van der Waals surface area contributed by atoms with Crippen LogP contribution in [0.15, 0.2) is 36.5 Å². The van der Waals surface area contributed by atoms with E-state index < -0.39 is 124 Å². The topological polar surface area (TPSA) is 307 Å². The zero-order valence-corrected chi connectivity index (χ0v) is 64.4. The van der Waals surface area contributed by atoms with Gasteiger partial charge in [0.05, 0.1) is 38.6 Å². The maximum atomic E-state index is 13.5. The third kappa shape index (κ3) is 43.3. The Bertz CT molecular complexity index is 1980. The molecular formula is C83H155NO18. The first-order valence-electron chi connectivity index (χ1n) is 42.2. The number of aliphatic hydroxyl groups is 11. The second kappa shape index (κ2) is 63.9. The number of hydrogen-bond donors (Lipinski definition) is 12. The highest BCUT2D eigenvalue weighted by atomic mass is 16.8. The first-order valence-corrected chi connectivity index (χ1v) is 42.2. The Morgan fingerprint density at radius 1 is 0.343 bits per heavy atom. The van der Waals surface area contributed by atoms with Crippen LogP contribution in [0.4, 0.5) is 0 Å². The Hall–Kier alpha value is -1.99. The van der Waals surface area contributed by atoms with E-state index in [1.165, 1.54) is 276 Å². The highest BCUT2D eigenvalue weighted by molar-refractivity contribution is 5.76. The second-order valence-corrected chi connectivity index (χ2v) is 30.3. The molecule has 3 saturated heterocycles. The SMILES string of the molecule is CCCCCCCCCCCC/C=C/CC/C=C/CC/C=C/C(O)C(COC1OC(CO)C(OC2OC(CO)C(OC3OC(CO)C(O)C(O)C3O)C(O)C2O)C(O)C1O)NC(=O)CCCCCCCCCCCCCCCCCCCCCCCCCCCCCCCCCCCCCCC. The highest BCUT2D eigenvalue weighted by Crippen LogP contribution is 2.33. The number of carbonyl (C=O) groups is 1. The number of rotatable bonds is 68. The molecular weight excluding hydrogens is 1300 g/mol. The number of aliphatic hydroxyl groups excluding tert-OH is 11. The number of nitrogens with one attached hydrogen (secondary N) is 1. The van der Waals surface area contributed by atoms with Crippen LogP contribution in [0.3, 0.4) is 0 Å². The molecule has 0 radical (unpaired) electrons. The maximum Gasteiger partial charge on any atom is 0.220 e. The first-order chi connectivity index (χ1) is 49.8. The minimum absolute atomic E-state index is 0.236. The Labute approximate surface area is 619 Å². The lowest BCUT2D eigenvalue weighted by Crippen LogP contribution is -2.66. The van der Waals surface area contributed by atoms with Gasteiger partial charge >= 0.3 is 0 Å². The van der Waals surface area contributed by atoms with Gasteiger partial charge in [0, 0.05) is 6.42 Å². The van der Waals surface area contributed by atoms with Crippen LogP contribution in [0.1, 0.15) is 354 Å². The molecule has 0 aromatic heterocycles. The summed E-state index contributed by atoms with van der Waals surface area (Å²) in [4.78, 5) is 13.5. The molecule has 19 nitrogen and oxygen atoms in total. The number of ether oxygens (including phenoxy) is 6. The minimum atomic E-state index is -1.98. The molecule has 0 spiro atoms. The van der Waals surface area contributed by atoms with Crippen LogP contribution in [0.25, 0.3) is 0 Å². The summed E-state index contributed by atoms with van der Waals surface area (Å²) < 4.78 is 34.4. The van der Waals surface area contributed by atoms with E-state index in [-0.39, 0.29) is 18.9 Å². The van der Waals surface area contributed by atoms with Gasteiger partial charge in [0.1, 0.15) is 73.2 Å². The molecule has 0 bridgehead atoms. The molecule has 3 aliphatic heterocycles. The number of hydrogen-bond acceptors (Lipinski definition) is 18. The van der Waals surface area contributed by atoms with Crippen LogP contribution in [-0.4, -0.2) is 193 Å². The predicted molar refractivity (Wildman–Crippen MR) is 406 cm³/mol. The zero-order chi connectivity index (χ0) is 73.9. The Morgan fingerprint density at radius 3 is 0.980 bits per heavy atom. The summed E-state index contributed by atoms with van der Waals surface area (Å²) in [6.45, 7) is 1.76. The van der Waals surface area contributed by atoms with Gasteiger partial charge in [-0.1, -0.05) is 339 Å². The summed E-state index contributed by atoms with van der Waals surface area (Å²) in [6.07, 6.45) is 53.1. The van der Waals surface area contributed by atoms with Crippen molar-refractivity contribution in [2.24, 2.45) is 0 Å². The molecule has 17 atom stereocenters. The van der Waals surface area contributed by atoms with Crippen molar-refractivity contribution in [3.63, 3.8) is 0 Å². The van der Waals surface area contributed by atoms with E-state index in [2.05, 4.69) is 43.5 Å². The van der Waals surface area contributed by atoms with E-state index in [0.717, 1.165) is 44.9 Å². The number of carbonyl (C=O) groups excluding carboxylic acids is 1. The van der Waals surface area contributed by atoms with Crippen LogP contribution in [-0.2, 0) is 33.2 Å².